The van der Waals surface area contributed by atoms with Crippen molar-refractivity contribution in [2.75, 3.05) is 32.7 Å². The number of nitrogens with zero attached hydrogens (tertiary/aromatic N) is 2. The van der Waals surface area contributed by atoms with Crippen molar-refractivity contribution in [2.45, 2.75) is 32.1 Å². The third-order valence-corrected chi connectivity index (χ3v) is 4.98. The summed E-state index contributed by atoms with van der Waals surface area (Å²) < 4.78 is 10.4. The highest BCUT2D eigenvalue weighted by Gasteiger charge is 2.19. The number of nitrogen functional groups attached to an aromatic ring is 1. The lowest BCUT2D eigenvalue weighted by molar-refractivity contribution is 0.0717. The van der Waals surface area contributed by atoms with Crippen molar-refractivity contribution < 1.29 is 9.47 Å². The molecule has 0 radical (unpaired) electrons. The van der Waals surface area contributed by atoms with Gasteiger partial charge in [-0.15, -0.1) is 11.3 Å². The molecule has 0 spiro atoms. The van der Waals surface area contributed by atoms with E-state index in [2.05, 4.69) is 9.97 Å². The molecule has 6 heteroatoms. The molecule has 2 aromatic heterocycles. The van der Waals surface area contributed by atoms with Gasteiger partial charge in [0, 0.05) is 18.4 Å². The first kappa shape index (κ1) is 14.7. The number of hydrogen-bond donors (Lipinski definition) is 1. The molecular weight excluding hydrogens is 286 g/mol. The number of hydrogen-bond acceptors (Lipinski definition) is 6. The van der Waals surface area contributed by atoms with Crippen molar-refractivity contribution in [1.29, 1.82) is 0 Å². The summed E-state index contributed by atoms with van der Waals surface area (Å²) >= 11 is 1.78. The van der Waals surface area contributed by atoms with Crippen molar-refractivity contribution in [2.24, 2.45) is 0 Å². The Morgan fingerprint density at radius 3 is 2.86 bits per heavy atom. The molecule has 0 unspecified atom stereocenters. The van der Waals surface area contributed by atoms with Crippen molar-refractivity contribution in [3.63, 3.8) is 0 Å². The van der Waals surface area contributed by atoms with E-state index in [0.29, 0.717) is 32.1 Å². The van der Waals surface area contributed by atoms with E-state index in [1.807, 2.05) is 0 Å². The zero-order valence-electron chi connectivity index (χ0n) is 12.4. The molecule has 2 N–H and O–H groups in total. The van der Waals surface area contributed by atoms with E-state index in [-0.39, 0.29) is 0 Å². The number of fused-ring (bicyclic) bond motifs is 3. The maximum absolute atomic E-state index is 6.17. The van der Waals surface area contributed by atoms with Crippen LogP contribution < -0.4 is 5.73 Å². The van der Waals surface area contributed by atoms with Gasteiger partial charge in [-0.2, -0.15) is 0 Å². The first-order valence-corrected chi connectivity index (χ1v) is 8.24. The summed E-state index contributed by atoms with van der Waals surface area (Å²) in [6.45, 7) is 1.81. The Labute approximate surface area is 128 Å². The summed E-state index contributed by atoms with van der Waals surface area (Å²) in [6, 6.07) is 0. The van der Waals surface area contributed by atoms with Crippen LogP contribution in [0.3, 0.4) is 0 Å². The fourth-order valence-corrected chi connectivity index (χ4v) is 4.04. The van der Waals surface area contributed by atoms with E-state index in [1.165, 1.54) is 23.3 Å². The van der Waals surface area contributed by atoms with Gasteiger partial charge in [-0.1, -0.05) is 0 Å². The summed E-state index contributed by atoms with van der Waals surface area (Å²) in [4.78, 5) is 11.6. The SMILES string of the molecule is COCCOCCc1nc(N)c2c3c(sc2n1)CCCC3. The van der Waals surface area contributed by atoms with Gasteiger partial charge in [0.1, 0.15) is 16.5 Å². The summed E-state index contributed by atoms with van der Waals surface area (Å²) in [5.74, 6) is 1.40. The van der Waals surface area contributed by atoms with E-state index in [4.69, 9.17) is 15.2 Å². The van der Waals surface area contributed by atoms with Gasteiger partial charge in [-0.3, -0.25) is 0 Å². The number of aromatic nitrogens is 2. The Bertz CT molecular complexity index is 627. The number of rotatable bonds is 6. The molecule has 114 valence electrons. The van der Waals surface area contributed by atoms with Crippen LogP contribution in [0.15, 0.2) is 0 Å². The molecule has 0 fully saturated rings. The van der Waals surface area contributed by atoms with Gasteiger partial charge >= 0.3 is 0 Å². The molecule has 0 atom stereocenters. The summed E-state index contributed by atoms with van der Waals surface area (Å²) in [6.07, 6.45) is 5.47. The molecule has 2 heterocycles. The smallest absolute Gasteiger partial charge is 0.136 e. The molecule has 0 aromatic carbocycles. The molecule has 0 saturated carbocycles. The molecule has 0 bridgehead atoms. The Hall–Kier alpha value is -1.24. The number of thiophene rings is 1. The van der Waals surface area contributed by atoms with Gasteiger partial charge in [-0.25, -0.2) is 9.97 Å². The maximum Gasteiger partial charge on any atom is 0.136 e. The number of methoxy groups -OCH3 is 1. The number of nitrogens with two attached hydrogens (primary N) is 1. The minimum atomic E-state index is 0.597. The van der Waals surface area contributed by atoms with Crippen LogP contribution in [0.25, 0.3) is 10.2 Å². The molecule has 21 heavy (non-hydrogen) atoms. The van der Waals surface area contributed by atoms with Gasteiger partial charge in [-0.05, 0) is 31.2 Å². The Morgan fingerprint density at radius 1 is 1.14 bits per heavy atom. The highest BCUT2D eigenvalue weighted by atomic mass is 32.1. The molecule has 5 nitrogen and oxygen atoms in total. The molecule has 0 saturated heterocycles. The molecule has 3 rings (SSSR count). The summed E-state index contributed by atoms with van der Waals surface area (Å²) in [5, 5.41) is 1.10. The van der Waals surface area contributed by atoms with Crippen LogP contribution in [0.4, 0.5) is 5.82 Å². The molecule has 0 aliphatic heterocycles. The van der Waals surface area contributed by atoms with Crippen LogP contribution in [0.2, 0.25) is 0 Å². The van der Waals surface area contributed by atoms with Gasteiger partial charge in [0.2, 0.25) is 0 Å². The monoisotopic (exact) mass is 307 g/mol. The van der Waals surface area contributed by atoms with Crippen molar-refractivity contribution >= 4 is 27.4 Å². The lowest BCUT2D eigenvalue weighted by Gasteiger charge is -2.10. The highest BCUT2D eigenvalue weighted by molar-refractivity contribution is 7.19. The van der Waals surface area contributed by atoms with Gasteiger partial charge in [0.15, 0.2) is 0 Å². The lowest BCUT2D eigenvalue weighted by atomic mass is 9.97. The van der Waals surface area contributed by atoms with Crippen molar-refractivity contribution in [3.8, 4) is 0 Å². The second-order valence-electron chi connectivity index (χ2n) is 5.27. The van der Waals surface area contributed by atoms with Gasteiger partial charge < -0.3 is 15.2 Å². The average molecular weight is 307 g/mol. The predicted molar refractivity (Wildman–Crippen MR) is 84.9 cm³/mol. The van der Waals surface area contributed by atoms with E-state index in [9.17, 15) is 0 Å². The third kappa shape index (κ3) is 3.17. The molecular formula is C15H21N3O2S. The van der Waals surface area contributed by atoms with Crippen LogP contribution >= 0.6 is 11.3 Å². The van der Waals surface area contributed by atoms with E-state index in [0.717, 1.165) is 28.9 Å². The van der Waals surface area contributed by atoms with Crippen LogP contribution in [-0.2, 0) is 28.7 Å². The Balaban J connectivity index is 1.76. The van der Waals surface area contributed by atoms with Crippen LogP contribution in [0.1, 0.15) is 29.1 Å². The largest absolute Gasteiger partial charge is 0.383 e. The zero-order chi connectivity index (χ0) is 14.7. The predicted octanol–water partition coefficient (Wildman–Crippen LogP) is 2.36. The zero-order valence-corrected chi connectivity index (χ0v) is 13.2. The Kier molecular flexibility index (Phi) is 4.67. The summed E-state index contributed by atoms with van der Waals surface area (Å²) in [5.41, 5.74) is 7.56. The topological polar surface area (TPSA) is 70.3 Å². The van der Waals surface area contributed by atoms with E-state index < -0.39 is 0 Å². The molecule has 1 aliphatic carbocycles. The van der Waals surface area contributed by atoms with Crippen LogP contribution in [0, 0.1) is 0 Å². The number of anilines is 1. The first-order chi connectivity index (χ1) is 10.3. The average Bonchev–Trinajstić information content (AvgIpc) is 2.85. The summed E-state index contributed by atoms with van der Waals surface area (Å²) in [7, 11) is 1.67. The van der Waals surface area contributed by atoms with Gasteiger partial charge in [0.25, 0.3) is 0 Å². The fraction of sp³-hybridized carbons (Fsp3) is 0.600. The first-order valence-electron chi connectivity index (χ1n) is 7.43. The normalized spacial score (nSPS) is 14.5. The second kappa shape index (κ2) is 6.68. The second-order valence-corrected chi connectivity index (χ2v) is 6.35. The quantitative estimate of drug-likeness (QED) is 0.830. The van der Waals surface area contributed by atoms with E-state index in [1.54, 1.807) is 18.4 Å². The van der Waals surface area contributed by atoms with E-state index >= 15 is 0 Å². The van der Waals surface area contributed by atoms with Crippen LogP contribution in [-0.4, -0.2) is 36.9 Å². The van der Waals surface area contributed by atoms with Crippen molar-refractivity contribution in [1.82, 2.24) is 9.97 Å². The number of ether oxygens (including phenoxy) is 2. The lowest BCUT2D eigenvalue weighted by Crippen LogP contribution is -2.08. The molecule has 2 aromatic rings. The maximum atomic E-state index is 6.17. The van der Waals surface area contributed by atoms with Crippen molar-refractivity contribution in [3.05, 3.63) is 16.3 Å². The molecule has 0 amide bonds. The van der Waals surface area contributed by atoms with Crippen LogP contribution in [0.5, 0.6) is 0 Å². The minimum Gasteiger partial charge on any atom is -0.383 e. The standard InChI is InChI=1S/C15H21N3O2S/c1-19-8-9-20-7-6-12-17-14(16)13-10-4-2-3-5-11(10)21-15(13)18-12/h2-9H2,1H3,(H2,16,17,18). The Morgan fingerprint density at radius 2 is 2.00 bits per heavy atom. The fourth-order valence-electron chi connectivity index (χ4n) is 2.75. The third-order valence-electron chi connectivity index (χ3n) is 3.79. The molecule has 1 aliphatic rings. The van der Waals surface area contributed by atoms with Gasteiger partial charge in [0.05, 0.1) is 25.2 Å². The number of aryl methyl sites for hydroxylation is 2. The highest BCUT2D eigenvalue weighted by Crippen LogP contribution is 2.37. The minimum absolute atomic E-state index is 0.597.